The van der Waals surface area contributed by atoms with E-state index in [1.807, 2.05) is 25.1 Å². The first-order valence-electron chi connectivity index (χ1n) is 7.68. The minimum absolute atomic E-state index is 0.00320. The Bertz CT molecular complexity index is 568. The largest absolute Gasteiger partial charge is 0.352 e. The van der Waals surface area contributed by atoms with Crippen LogP contribution in [0.5, 0.6) is 0 Å². The minimum Gasteiger partial charge on any atom is -0.352 e. The van der Waals surface area contributed by atoms with Crippen molar-refractivity contribution in [3.05, 3.63) is 34.9 Å². The molecule has 1 aliphatic carbocycles. The molecule has 1 aliphatic rings. The van der Waals surface area contributed by atoms with Gasteiger partial charge in [-0.05, 0) is 49.3 Å². The lowest BCUT2D eigenvalue weighted by molar-refractivity contribution is 0.0946. The molecule has 0 saturated heterocycles. The third-order valence-corrected chi connectivity index (χ3v) is 4.17. The molecule has 0 aliphatic heterocycles. The van der Waals surface area contributed by atoms with E-state index in [2.05, 4.69) is 24.1 Å². The maximum atomic E-state index is 12.3. The normalized spacial score (nSPS) is 20.7. The predicted octanol–water partition coefficient (Wildman–Crippen LogP) is 2.47. The summed E-state index contributed by atoms with van der Waals surface area (Å²) in [6, 6.07) is 5.71. The van der Waals surface area contributed by atoms with Crippen molar-refractivity contribution in [3.8, 4) is 11.8 Å². The van der Waals surface area contributed by atoms with Crippen LogP contribution < -0.4 is 11.1 Å². The quantitative estimate of drug-likeness (QED) is 0.838. The lowest BCUT2D eigenvalue weighted by atomic mass is 10.0. The van der Waals surface area contributed by atoms with E-state index >= 15 is 0 Å². The van der Waals surface area contributed by atoms with Crippen LogP contribution in [-0.4, -0.2) is 19.0 Å². The van der Waals surface area contributed by atoms with Gasteiger partial charge in [-0.15, -0.1) is 0 Å². The first kappa shape index (κ1) is 15.6. The van der Waals surface area contributed by atoms with Crippen LogP contribution in [0.4, 0.5) is 0 Å². The zero-order valence-electron chi connectivity index (χ0n) is 12.9. The fourth-order valence-corrected chi connectivity index (χ4v) is 2.94. The molecule has 0 radical (unpaired) electrons. The van der Waals surface area contributed by atoms with Gasteiger partial charge in [0, 0.05) is 17.7 Å². The zero-order valence-corrected chi connectivity index (χ0v) is 12.9. The number of amides is 1. The smallest absolute Gasteiger partial charge is 0.251 e. The second kappa shape index (κ2) is 7.28. The van der Waals surface area contributed by atoms with E-state index in [1.54, 1.807) is 0 Å². The van der Waals surface area contributed by atoms with Gasteiger partial charge in [0.05, 0.1) is 6.54 Å². The molecule has 2 rings (SSSR count). The van der Waals surface area contributed by atoms with Crippen LogP contribution in [0.25, 0.3) is 0 Å². The van der Waals surface area contributed by atoms with Gasteiger partial charge in [-0.2, -0.15) is 0 Å². The van der Waals surface area contributed by atoms with Gasteiger partial charge >= 0.3 is 0 Å². The summed E-state index contributed by atoms with van der Waals surface area (Å²) in [5, 5.41) is 3.07. The maximum Gasteiger partial charge on any atom is 0.251 e. The van der Waals surface area contributed by atoms with Crippen LogP contribution in [0.3, 0.4) is 0 Å². The number of nitrogens with one attached hydrogen (secondary N) is 1. The molecule has 2 unspecified atom stereocenters. The third kappa shape index (κ3) is 4.34. The van der Waals surface area contributed by atoms with Crippen LogP contribution in [0.2, 0.25) is 0 Å². The van der Waals surface area contributed by atoms with Crippen molar-refractivity contribution in [3.63, 3.8) is 0 Å². The minimum atomic E-state index is 0.00320. The van der Waals surface area contributed by atoms with Crippen molar-refractivity contribution in [2.45, 2.75) is 33.1 Å². The monoisotopic (exact) mass is 284 g/mol. The van der Waals surface area contributed by atoms with E-state index < -0.39 is 0 Å². The van der Waals surface area contributed by atoms with E-state index in [9.17, 15) is 4.79 Å². The summed E-state index contributed by atoms with van der Waals surface area (Å²) in [6.45, 7) is 5.34. The first-order valence-corrected chi connectivity index (χ1v) is 7.68. The number of rotatable bonds is 3. The van der Waals surface area contributed by atoms with Crippen LogP contribution in [0.15, 0.2) is 18.2 Å². The van der Waals surface area contributed by atoms with Crippen molar-refractivity contribution in [1.82, 2.24) is 5.32 Å². The van der Waals surface area contributed by atoms with Crippen molar-refractivity contribution in [2.75, 3.05) is 13.1 Å². The molecule has 3 N–H and O–H groups in total. The molecule has 1 fully saturated rings. The standard InChI is InChI=1S/C18H24N2O/c1-13-5-7-16(10-13)12-20-18(21)17-11-15(4-3-9-19)8-6-14(17)2/h6,8,11,13,16H,5,7,9-10,12,19H2,1-2H3,(H,20,21). The van der Waals surface area contributed by atoms with Crippen LogP contribution in [0.1, 0.15) is 47.7 Å². The SMILES string of the molecule is Cc1ccc(C#CCN)cc1C(=O)NCC1CCC(C)C1. The molecule has 1 saturated carbocycles. The topological polar surface area (TPSA) is 55.1 Å². The van der Waals surface area contributed by atoms with Crippen molar-refractivity contribution >= 4 is 5.91 Å². The number of carbonyl (C=O) groups excluding carboxylic acids is 1. The van der Waals surface area contributed by atoms with Gasteiger partial charge in [-0.3, -0.25) is 4.79 Å². The first-order chi connectivity index (χ1) is 10.1. The summed E-state index contributed by atoms with van der Waals surface area (Å²) >= 11 is 0. The Balaban J connectivity index is 2.01. The highest BCUT2D eigenvalue weighted by Gasteiger charge is 2.22. The predicted molar refractivity (Wildman–Crippen MR) is 85.9 cm³/mol. The zero-order chi connectivity index (χ0) is 15.2. The van der Waals surface area contributed by atoms with E-state index in [1.165, 1.54) is 19.3 Å². The molecule has 0 heterocycles. The number of carbonyl (C=O) groups is 1. The number of benzene rings is 1. The summed E-state index contributed by atoms with van der Waals surface area (Å²) in [6.07, 6.45) is 3.73. The Labute approximate surface area is 127 Å². The van der Waals surface area contributed by atoms with E-state index in [0.717, 1.165) is 23.6 Å². The molecule has 1 amide bonds. The van der Waals surface area contributed by atoms with Gasteiger partial charge in [-0.25, -0.2) is 0 Å². The summed E-state index contributed by atoms with van der Waals surface area (Å²) in [4.78, 5) is 12.3. The molecule has 3 nitrogen and oxygen atoms in total. The molecule has 1 aromatic rings. The van der Waals surface area contributed by atoms with E-state index in [-0.39, 0.29) is 5.91 Å². The molecule has 2 atom stereocenters. The number of hydrogen-bond acceptors (Lipinski definition) is 2. The maximum absolute atomic E-state index is 12.3. The Morgan fingerprint density at radius 1 is 1.43 bits per heavy atom. The van der Waals surface area contributed by atoms with Gasteiger partial charge in [0.1, 0.15) is 0 Å². The Morgan fingerprint density at radius 3 is 2.90 bits per heavy atom. The summed E-state index contributed by atoms with van der Waals surface area (Å²) in [7, 11) is 0. The van der Waals surface area contributed by atoms with Gasteiger partial charge < -0.3 is 11.1 Å². The van der Waals surface area contributed by atoms with Crippen LogP contribution >= 0.6 is 0 Å². The molecule has 0 spiro atoms. The highest BCUT2D eigenvalue weighted by molar-refractivity contribution is 5.96. The highest BCUT2D eigenvalue weighted by Crippen LogP contribution is 2.29. The Hall–Kier alpha value is -1.79. The van der Waals surface area contributed by atoms with Crippen LogP contribution in [0, 0.1) is 30.6 Å². The Morgan fingerprint density at radius 2 is 2.24 bits per heavy atom. The van der Waals surface area contributed by atoms with Crippen molar-refractivity contribution in [1.29, 1.82) is 0 Å². The van der Waals surface area contributed by atoms with Gasteiger partial charge in [0.15, 0.2) is 0 Å². The molecular formula is C18H24N2O. The number of nitrogens with two attached hydrogens (primary N) is 1. The third-order valence-electron chi connectivity index (χ3n) is 4.17. The Kier molecular flexibility index (Phi) is 5.41. The summed E-state index contributed by atoms with van der Waals surface area (Å²) < 4.78 is 0. The lowest BCUT2D eigenvalue weighted by Gasteiger charge is -2.12. The summed E-state index contributed by atoms with van der Waals surface area (Å²) in [5.74, 6) is 7.22. The number of aryl methyl sites for hydroxylation is 1. The average molecular weight is 284 g/mol. The van der Waals surface area contributed by atoms with Crippen LogP contribution in [-0.2, 0) is 0 Å². The highest BCUT2D eigenvalue weighted by atomic mass is 16.1. The molecule has 1 aromatic carbocycles. The number of hydrogen-bond donors (Lipinski definition) is 2. The van der Waals surface area contributed by atoms with Crippen molar-refractivity contribution < 1.29 is 4.79 Å². The van der Waals surface area contributed by atoms with E-state index in [4.69, 9.17) is 5.73 Å². The van der Waals surface area contributed by atoms with Crippen molar-refractivity contribution in [2.24, 2.45) is 17.6 Å². The second-order valence-electron chi connectivity index (χ2n) is 6.03. The average Bonchev–Trinajstić information content (AvgIpc) is 2.89. The second-order valence-corrected chi connectivity index (χ2v) is 6.03. The van der Waals surface area contributed by atoms with Gasteiger partial charge in [0.25, 0.3) is 5.91 Å². The molecule has 21 heavy (non-hydrogen) atoms. The molecule has 0 aromatic heterocycles. The molecule has 3 heteroatoms. The van der Waals surface area contributed by atoms with E-state index in [0.29, 0.717) is 18.0 Å². The fourth-order valence-electron chi connectivity index (χ4n) is 2.94. The molecular weight excluding hydrogens is 260 g/mol. The van der Waals surface area contributed by atoms with Gasteiger partial charge in [-0.1, -0.05) is 31.3 Å². The molecule has 112 valence electrons. The van der Waals surface area contributed by atoms with Gasteiger partial charge in [0.2, 0.25) is 0 Å². The summed E-state index contributed by atoms with van der Waals surface area (Å²) in [5.41, 5.74) is 7.91. The molecule has 0 bridgehead atoms. The lowest BCUT2D eigenvalue weighted by Crippen LogP contribution is -2.29. The fraction of sp³-hybridized carbons (Fsp3) is 0.500.